The lowest BCUT2D eigenvalue weighted by molar-refractivity contribution is -0.147. The molecule has 26 heavy (non-hydrogen) atoms. The van der Waals surface area contributed by atoms with E-state index in [-0.39, 0.29) is 37.0 Å². The molecule has 0 spiro atoms. The van der Waals surface area contributed by atoms with E-state index in [2.05, 4.69) is 6.92 Å². The first kappa shape index (κ1) is 27.5. The van der Waals surface area contributed by atoms with Crippen molar-refractivity contribution in [3.8, 4) is 0 Å². The van der Waals surface area contributed by atoms with Crippen molar-refractivity contribution in [1.82, 2.24) is 0 Å². The maximum absolute atomic E-state index is 10.3. The van der Waals surface area contributed by atoms with Gasteiger partial charge in [-0.1, -0.05) is 13.3 Å². The van der Waals surface area contributed by atoms with Crippen molar-refractivity contribution in [3.05, 3.63) is 0 Å². The molecule has 7 nitrogen and oxygen atoms in total. The summed E-state index contributed by atoms with van der Waals surface area (Å²) in [6, 6.07) is 0. The lowest BCUT2D eigenvalue weighted by Crippen LogP contribution is -2.26. The predicted octanol–water partition coefficient (Wildman–Crippen LogP) is 2.58. The van der Waals surface area contributed by atoms with Gasteiger partial charge in [0.2, 0.25) is 0 Å². The van der Waals surface area contributed by atoms with Crippen LogP contribution in [0.15, 0.2) is 0 Å². The molecule has 7 heteroatoms. The van der Waals surface area contributed by atoms with E-state index in [1.54, 1.807) is 14.0 Å². The minimum absolute atomic E-state index is 0.0289. The van der Waals surface area contributed by atoms with E-state index >= 15 is 0 Å². The third-order valence-electron chi connectivity index (χ3n) is 3.16. The Morgan fingerprint density at radius 1 is 0.885 bits per heavy atom. The van der Waals surface area contributed by atoms with Gasteiger partial charge in [-0.2, -0.15) is 0 Å². The zero-order valence-corrected chi connectivity index (χ0v) is 17.7. The molecular formula is C19H40O7. The number of unbranched alkanes of at least 4 members (excludes halogenated alkanes) is 1. The van der Waals surface area contributed by atoms with Gasteiger partial charge >= 0.3 is 5.97 Å². The van der Waals surface area contributed by atoms with Crippen LogP contribution in [0.3, 0.4) is 0 Å². The van der Waals surface area contributed by atoms with Crippen molar-refractivity contribution in [3.63, 3.8) is 0 Å². The molecule has 0 heterocycles. The normalized spacial score (nSPS) is 15.4. The molecule has 0 saturated carbocycles. The first-order valence-electron chi connectivity index (χ1n) is 9.38. The van der Waals surface area contributed by atoms with E-state index in [0.29, 0.717) is 19.8 Å². The number of esters is 1. The van der Waals surface area contributed by atoms with E-state index in [1.807, 2.05) is 20.8 Å². The molecule has 0 aromatic carbocycles. The number of aliphatic hydroxyl groups is 1. The molecule has 0 amide bonds. The van der Waals surface area contributed by atoms with Gasteiger partial charge in [0.25, 0.3) is 0 Å². The van der Waals surface area contributed by atoms with Gasteiger partial charge in [0, 0.05) is 20.6 Å². The number of aliphatic hydroxyl groups excluding tert-OH is 1. The highest BCUT2D eigenvalue weighted by Gasteiger charge is 2.09. The van der Waals surface area contributed by atoms with Crippen LogP contribution in [0, 0.1) is 0 Å². The van der Waals surface area contributed by atoms with Gasteiger partial charge in [0.15, 0.2) is 0 Å². The Bertz CT molecular complexity index is 312. The molecule has 0 aliphatic carbocycles. The highest BCUT2D eigenvalue weighted by molar-refractivity contribution is 5.66. The second kappa shape index (κ2) is 19.0. The van der Waals surface area contributed by atoms with Crippen molar-refractivity contribution in [2.45, 2.75) is 78.8 Å². The Morgan fingerprint density at radius 3 is 1.88 bits per heavy atom. The average Bonchev–Trinajstić information content (AvgIpc) is 2.58. The van der Waals surface area contributed by atoms with Crippen LogP contribution in [0.4, 0.5) is 0 Å². The van der Waals surface area contributed by atoms with Crippen LogP contribution in [0.5, 0.6) is 0 Å². The van der Waals surface area contributed by atoms with Crippen LogP contribution in [0.1, 0.15) is 54.4 Å². The molecule has 4 unspecified atom stereocenters. The van der Waals surface area contributed by atoms with Gasteiger partial charge in [-0.25, -0.2) is 0 Å². The zero-order chi connectivity index (χ0) is 20.4. The number of carbonyl (C=O) groups is 1. The summed E-state index contributed by atoms with van der Waals surface area (Å²) in [6.45, 7) is 13.5. The Hall–Kier alpha value is -0.730. The largest absolute Gasteiger partial charge is 0.460 e. The monoisotopic (exact) mass is 380 g/mol. The second-order valence-electron chi connectivity index (χ2n) is 6.38. The predicted molar refractivity (Wildman–Crippen MR) is 101 cm³/mol. The number of ether oxygens (including phenoxy) is 5. The molecule has 158 valence electrons. The average molecular weight is 381 g/mol. The fraction of sp³-hybridized carbons (Fsp3) is 0.947. The standard InChI is InChI=1S/C13H28O4.C6H12O3/c1-5-6-7-15-12(3)9-17-13(4)10-16-11(2)8-14;1-5(4-8-3)9-6(2)7/h11-14H,5-10H2,1-4H3;5H,4H2,1-3H3. The van der Waals surface area contributed by atoms with E-state index in [1.165, 1.54) is 6.92 Å². The number of hydrogen-bond donors (Lipinski definition) is 1. The fourth-order valence-corrected chi connectivity index (χ4v) is 1.73. The summed E-state index contributed by atoms with van der Waals surface area (Å²) in [5, 5.41) is 8.80. The zero-order valence-electron chi connectivity index (χ0n) is 17.7. The number of carbonyl (C=O) groups excluding carboxylic acids is 1. The third-order valence-corrected chi connectivity index (χ3v) is 3.16. The summed E-state index contributed by atoms with van der Waals surface area (Å²) in [6.07, 6.45) is 2.14. The first-order valence-corrected chi connectivity index (χ1v) is 9.38. The van der Waals surface area contributed by atoms with Crippen LogP contribution >= 0.6 is 0 Å². The molecule has 0 aliphatic heterocycles. The molecule has 0 aromatic heterocycles. The number of rotatable bonds is 14. The Kier molecular flexibility index (Phi) is 20.1. The maximum Gasteiger partial charge on any atom is 0.302 e. The van der Waals surface area contributed by atoms with Gasteiger partial charge in [-0.05, 0) is 34.1 Å². The fourth-order valence-electron chi connectivity index (χ4n) is 1.73. The Balaban J connectivity index is 0. The summed E-state index contributed by atoms with van der Waals surface area (Å²) in [4.78, 5) is 10.3. The lowest BCUT2D eigenvalue weighted by atomic mass is 10.3. The topological polar surface area (TPSA) is 83.5 Å². The molecule has 0 aliphatic rings. The smallest absolute Gasteiger partial charge is 0.302 e. The van der Waals surface area contributed by atoms with Crippen molar-refractivity contribution < 1.29 is 33.6 Å². The summed E-state index contributed by atoms with van der Waals surface area (Å²) in [5.74, 6) is -0.264. The van der Waals surface area contributed by atoms with Crippen LogP contribution in [-0.4, -0.2) is 75.6 Å². The maximum atomic E-state index is 10.3. The van der Waals surface area contributed by atoms with Crippen molar-refractivity contribution >= 4 is 5.97 Å². The van der Waals surface area contributed by atoms with Crippen molar-refractivity contribution in [2.24, 2.45) is 0 Å². The summed E-state index contributed by atoms with van der Waals surface area (Å²) < 4.78 is 26.0. The lowest BCUT2D eigenvalue weighted by Gasteiger charge is -2.19. The molecule has 0 bridgehead atoms. The van der Waals surface area contributed by atoms with Crippen LogP contribution in [-0.2, 0) is 28.5 Å². The molecule has 4 atom stereocenters. The second-order valence-corrected chi connectivity index (χ2v) is 6.38. The highest BCUT2D eigenvalue weighted by Crippen LogP contribution is 2.01. The van der Waals surface area contributed by atoms with Gasteiger partial charge in [0.1, 0.15) is 6.10 Å². The van der Waals surface area contributed by atoms with E-state index in [0.717, 1.165) is 19.4 Å². The third kappa shape index (κ3) is 21.3. The molecule has 0 radical (unpaired) electrons. The Morgan fingerprint density at radius 2 is 1.42 bits per heavy atom. The summed E-state index contributed by atoms with van der Waals surface area (Å²) in [5.41, 5.74) is 0. The van der Waals surface area contributed by atoms with Crippen molar-refractivity contribution in [2.75, 3.05) is 40.1 Å². The Labute approximate surface area is 159 Å². The SMILES string of the molecule is CCCCOC(C)COC(C)COC(C)CO.COCC(C)OC(C)=O. The first-order chi connectivity index (χ1) is 12.3. The quantitative estimate of drug-likeness (QED) is 0.366. The molecule has 0 saturated heterocycles. The minimum atomic E-state index is -0.264. The van der Waals surface area contributed by atoms with E-state index in [4.69, 9.17) is 28.8 Å². The van der Waals surface area contributed by atoms with Gasteiger partial charge in [-0.3, -0.25) is 4.79 Å². The van der Waals surface area contributed by atoms with Crippen LogP contribution < -0.4 is 0 Å². The van der Waals surface area contributed by atoms with E-state index < -0.39 is 0 Å². The molecular weight excluding hydrogens is 340 g/mol. The van der Waals surface area contributed by atoms with Gasteiger partial charge in [-0.15, -0.1) is 0 Å². The van der Waals surface area contributed by atoms with Crippen LogP contribution in [0.2, 0.25) is 0 Å². The van der Waals surface area contributed by atoms with Gasteiger partial charge in [0.05, 0.1) is 44.7 Å². The number of hydrogen-bond acceptors (Lipinski definition) is 7. The van der Waals surface area contributed by atoms with Gasteiger partial charge < -0.3 is 28.8 Å². The van der Waals surface area contributed by atoms with Crippen LogP contribution in [0.25, 0.3) is 0 Å². The van der Waals surface area contributed by atoms with E-state index in [9.17, 15) is 4.79 Å². The highest BCUT2D eigenvalue weighted by atomic mass is 16.6. The molecule has 1 N–H and O–H groups in total. The molecule has 0 fully saturated rings. The number of methoxy groups -OCH3 is 1. The van der Waals surface area contributed by atoms with Crippen molar-refractivity contribution in [1.29, 1.82) is 0 Å². The summed E-state index contributed by atoms with van der Waals surface area (Å²) in [7, 11) is 1.57. The molecule has 0 aromatic rings. The summed E-state index contributed by atoms with van der Waals surface area (Å²) >= 11 is 0. The minimum Gasteiger partial charge on any atom is -0.460 e. The molecule has 0 rings (SSSR count).